The number of nitrogens with one attached hydrogen (secondary N) is 1. The third kappa shape index (κ3) is 4.47. The van der Waals surface area contributed by atoms with Crippen molar-refractivity contribution in [1.82, 2.24) is 9.88 Å². The second-order valence-corrected chi connectivity index (χ2v) is 10.1. The first-order valence-electron chi connectivity index (χ1n) is 11.9. The van der Waals surface area contributed by atoms with E-state index in [0.717, 1.165) is 30.5 Å². The molecular formula is C27H26F4N2O3. The van der Waals surface area contributed by atoms with Crippen LogP contribution in [0, 0.1) is 11.3 Å². The van der Waals surface area contributed by atoms with Gasteiger partial charge in [-0.05, 0) is 66.8 Å². The van der Waals surface area contributed by atoms with Crippen LogP contribution in [-0.4, -0.2) is 34.3 Å². The van der Waals surface area contributed by atoms with Crippen LogP contribution in [0.5, 0.6) is 0 Å². The molecule has 0 saturated heterocycles. The third-order valence-electron chi connectivity index (χ3n) is 7.64. The van der Waals surface area contributed by atoms with Gasteiger partial charge >= 0.3 is 12.1 Å². The molecule has 0 bridgehead atoms. The molecule has 0 aliphatic heterocycles. The SMILES string of the molecule is O=C(N[C@H]1CC2(C1)C[C@H](C(=O)O)C2)c1cn(CCF)c2cccc(Cc3ccc(C(F)(F)F)cc3)c12. The standard InChI is InChI=1S/C27H26F4N2O3/c28-8-9-33-15-21(24(34)32-20-13-26(14-20)11-18(12-26)25(35)36)23-17(2-1-3-22(23)33)10-16-4-6-19(7-5-16)27(29,30)31/h1-7,15,18,20H,8-14H2,(H,32,34)(H,35,36)/t18-,20-,26?. The van der Waals surface area contributed by atoms with Gasteiger partial charge in [0.1, 0.15) is 6.67 Å². The summed E-state index contributed by atoms with van der Waals surface area (Å²) in [7, 11) is 0. The zero-order valence-electron chi connectivity index (χ0n) is 19.4. The zero-order valence-corrected chi connectivity index (χ0v) is 19.4. The van der Waals surface area contributed by atoms with E-state index in [1.54, 1.807) is 22.9 Å². The van der Waals surface area contributed by atoms with Gasteiger partial charge < -0.3 is 15.0 Å². The molecule has 2 fully saturated rings. The van der Waals surface area contributed by atoms with E-state index in [1.165, 1.54) is 12.1 Å². The summed E-state index contributed by atoms with van der Waals surface area (Å²) in [4.78, 5) is 24.4. The second kappa shape index (κ2) is 8.94. The van der Waals surface area contributed by atoms with Crippen LogP contribution in [0.2, 0.25) is 0 Å². The molecule has 1 spiro atoms. The van der Waals surface area contributed by atoms with Crippen LogP contribution in [-0.2, 0) is 23.9 Å². The van der Waals surface area contributed by atoms with E-state index in [4.69, 9.17) is 5.11 Å². The van der Waals surface area contributed by atoms with Gasteiger partial charge in [-0.2, -0.15) is 13.2 Å². The van der Waals surface area contributed by atoms with Crippen LogP contribution in [0.25, 0.3) is 10.9 Å². The molecule has 1 amide bonds. The number of hydrogen-bond donors (Lipinski definition) is 2. The lowest BCUT2D eigenvalue weighted by atomic mass is 9.50. The van der Waals surface area contributed by atoms with Gasteiger partial charge in [0.15, 0.2) is 0 Å². The molecule has 1 heterocycles. The molecule has 2 aromatic carbocycles. The minimum Gasteiger partial charge on any atom is -0.481 e. The summed E-state index contributed by atoms with van der Waals surface area (Å²) >= 11 is 0. The molecule has 36 heavy (non-hydrogen) atoms. The normalized spacial score (nSPS) is 23.3. The van der Waals surface area contributed by atoms with Gasteiger partial charge in [-0.3, -0.25) is 9.59 Å². The Bertz CT molecular complexity index is 1300. The molecule has 190 valence electrons. The van der Waals surface area contributed by atoms with Gasteiger partial charge in [0, 0.05) is 23.1 Å². The number of fused-ring (bicyclic) bond motifs is 1. The Hall–Kier alpha value is -3.36. The predicted octanol–water partition coefficient (Wildman–Crippen LogP) is 5.59. The van der Waals surface area contributed by atoms with Crippen LogP contribution >= 0.6 is 0 Å². The summed E-state index contributed by atoms with van der Waals surface area (Å²) < 4.78 is 53.7. The van der Waals surface area contributed by atoms with Crippen LogP contribution in [0.3, 0.4) is 0 Å². The van der Waals surface area contributed by atoms with Crippen LogP contribution < -0.4 is 5.32 Å². The highest BCUT2D eigenvalue weighted by Crippen LogP contribution is 2.58. The number of aliphatic carboxylic acids is 1. The Kier molecular flexibility index (Phi) is 6.04. The summed E-state index contributed by atoms with van der Waals surface area (Å²) in [5.74, 6) is -1.35. The van der Waals surface area contributed by atoms with E-state index in [1.807, 2.05) is 6.07 Å². The number of alkyl halides is 4. The van der Waals surface area contributed by atoms with E-state index in [0.29, 0.717) is 41.3 Å². The minimum atomic E-state index is -4.42. The lowest BCUT2D eigenvalue weighted by molar-refractivity contribution is -0.155. The van der Waals surface area contributed by atoms with Crippen molar-refractivity contribution in [3.05, 3.63) is 70.9 Å². The number of benzene rings is 2. The quantitative estimate of drug-likeness (QED) is 0.414. The lowest BCUT2D eigenvalue weighted by Crippen LogP contribution is -2.57. The molecule has 2 aliphatic rings. The summed E-state index contributed by atoms with van der Waals surface area (Å²) in [5, 5.41) is 12.8. The first-order valence-corrected chi connectivity index (χ1v) is 11.9. The maximum atomic E-state index is 13.3. The van der Waals surface area contributed by atoms with Crippen molar-refractivity contribution in [2.45, 2.75) is 50.9 Å². The van der Waals surface area contributed by atoms with Crippen molar-refractivity contribution >= 4 is 22.8 Å². The molecule has 9 heteroatoms. The number of amides is 1. The van der Waals surface area contributed by atoms with Crippen molar-refractivity contribution in [3.63, 3.8) is 0 Å². The summed E-state index contributed by atoms with van der Waals surface area (Å²) in [6.45, 7) is -0.527. The summed E-state index contributed by atoms with van der Waals surface area (Å²) in [6.07, 6.45) is 0.297. The Labute approximate surface area is 205 Å². The Balaban J connectivity index is 1.38. The van der Waals surface area contributed by atoms with Crippen molar-refractivity contribution < 1.29 is 32.3 Å². The maximum Gasteiger partial charge on any atom is 0.416 e. The number of carboxylic acids is 1. The monoisotopic (exact) mass is 502 g/mol. The number of hydrogen-bond acceptors (Lipinski definition) is 2. The van der Waals surface area contributed by atoms with Gasteiger partial charge in [-0.15, -0.1) is 0 Å². The first kappa shape index (κ1) is 24.3. The fraction of sp³-hybridized carbons (Fsp3) is 0.407. The molecule has 2 N–H and O–H groups in total. The highest BCUT2D eigenvalue weighted by molar-refractivity contribution is 6.08. The average Bonchev–Trinajstić information content (AvgIpc) is 3.14. The number of aryl methyl sites for hydroxylation is 1. The molecule has 1 aromatic heterocycles. The number of rotatable bonds is 7. The van der Waals surface area contributed by atoms with Crippen LogP contribution in [0.4, 0.5) is 17.6 Å². The van der Waals surface area contributed by atoms with E-state index < -0.39 is 24.4 Å². The highest BCUT2D eigenvalue weighted by atomic mass is 19.4. The van der Waals surface area contributed by atoms with Crippen LogP contribution in [0.15, 0.2) is 48.7 Å². The lowest BCUT2D eigenvalue weighted by Gasteiger charge is -2.56. The number of aromatic nitrogens is 1. The Morgan fingerprint density at radius 1 is 1.06 bits per heavy atom. The number of carbonyl (C=O) groups excluding carboxylic acids is 1. The number of nitrogens with zero attached hydrogens (tertiary/aromatic N) is 1. The predicted molar refractivity (Wildman–Crippen MR) is 125 cm³/mol. The van der Waals surface area contributed by atoms with E-state index >= 15 is 0 Å². The molecule has 2 aliphatic carbocycles. The Morgan fingerprint density at radius 2 is 1.75 bits per heavy atom. The topological polar surface area (TPSA) is 71.3 Å². The fourth-order valence-electron chi connectivity index (χ4n) is 5.90. The maximum absolute atomic E-state index is 13.3. The largest absolute Gasteiger partial charge is 0.481 e. The molecule has 2 saturated carbocycles. The molecule has 0 radical (unpaired) electrons. The van der Waals surface area contributed by atoms with Crippen molar-refractivity contribution in [3.8, 4) is 0 Å². The minimum absolute atomic E-state index is 0.0109. The third-order valence-corrected chi connectivity index (χ3v) is 7.64. The van der Waals surface area contributed by atoms with Crippen molar-refractivity contribution in [2.24, 2.45) is 11.3 Å². The zero-order chi connectivity index (χ0) is 25.7. The summed E-state index contributed by atoms with van der Waals surface area (Å²) in [6, 6.07) is 10.3. The first-order chi connectivity index (χ1) is 17.1. The Morgan fingerprint density at radius 3 is 2.36 bits per heavy atom. The molecular weight excluding hydrogens is 476 g/mol. The highest BCUT2D eigenvalue weighted by Gasteiger charge is 2.55. The van der Waals surface area contributed by atoms with E-state index in [-0.39, 0.29) is 29.8 Å². The smallest absolute Gasteiger partial charge is 0.416 e. The number of carbonyl (C=O) groups is 2. The van der Waals surface area contributed by atoms with Gasteiger partial charge in [0.2, 0.25) is 0 Å². The second-order valence-electron chi connectivity index (χ2n) is 10.1. The number of carboxylic acid groups (broad SMARTS) is 1. The molecule has 3 aromatic rings. The molecule has 0 atom stereocenters. The van der Waals surface area contributed by atoms with Gasteiger partial charge in [0.05, 0.1) is 23.6 Å². The fourth-order valence-corrected chi connectivity index (χ4v) is 5.90. The van der Waals surface area contributed by atoms with E-state index in [9.17, 15) is 27.2 Å². The molecule has 0 unspecified atom stereocenters. The van der Waals surface area contributed by atoms with Gasteiger partial charge in [-0.1, -0.05) is 24.3 Å². The summed E-state index contributed by atoms with van der Waals surface area (Å²) in [5.41, 5.74) is 1.81. The van der Waals surface area contributed by atoms with E-state index in [2.05, 4.69) is 5.32 Å². The van der Waals surface area contributed by atoms with Gasteiger partial charge in [0.25, 0.3) is 5.91 Å². The molecule has 5 rings (SSSR count). The number of halogens is 4. The van der Waals surface area contributed by atoms with Crippen molar-refractivity contribution in [2.75, 3.05) is 6.67 Å². The molecule has 5 nitrogen and oxygen atoms in total. The van der Waals surface area contributed by atoms with Gasteiger partial charge in [-0.25, -0.2) is 4.39 Å². The van der Waals surface area contributed by atoms with Crippen molar-refractivity contribution in [1.29, 1.82) is 0 Å². The van der Waals surface area contributed by atoms with Crippen LogP contribution in [0.1, 0.15) is 52.7 Å². The average molecular weight is 503 g/mol.